The number of anilines is 2. The molecule has 1 atom stereocenters. The number of rotatable bonds is 9. The Morgan fingerprint density at radius 3 is 2.53 bits per heavy atom. The lowest BCUT2D eigenvalue weighted by molar-refractivity contribution is -0.141. The SMILES string of the molecule is CC(=O)C1[B]CCC1.CCC1(CC)CC(C(=O)c2ccc(Nc3nccn4c(-c5cn(CC#N)nc5C(F)(F)F)cnc34)cc2Cl)C1. The minimum absolute atomic E-state index is 0.0286. The molecular formula is C33H35BClF3N7O2. The zero-order valence-electron chi connectivity index (χ0n) is 26.4. The van der Waals surface area contributed by atoms with Gasteiger partial charge in [0, 0.05) is 35.8 Å². The summed E-state index contributed by atoms with van der Waals surface area (Å²) >= 11 is 6.50. The molecule has 1 saturated heterocycles. The highest BCUT2D eigenvalue weighted by Crippen LogP contribution is 2.52. The van der Waals surface area contributed by atoms with Crippen LogP contribution in [0, 0.1) is 22.7 Å². The number of imidazole rings is 1. The largest absolute Gasteiger partial charge is 0.435 e. The molecule has 0 amide bonds. The first-order valence-electron chi connectivity index (χ1n) is 15.7. The van der Waals surface area contributed by atoms with Gasteiger partial charge in [-0.05, 0) is 49.2 Å². The number of aromatic nitrogens is 5. The van der Waals surface area contributed by atoms with Gasteiger partial charge in [0.05, 0.1) is 28.5 Å². The van der Waals surface area contributed by atoms with Gasteiger partial charge in [-0.2, -0.15) is 23.5 Å². The van der Waals surface area contributed by atoms with E-state index in [2.05, 4.69) is 41.5 Å². The van der Waals surface area contributed by atoms with Crippen LogP contribution in [0.1, 0.15) is 75.3 Å². The maximum atomic E-state index is 13.7. The molecule has 1 aliphatic heterocycles. The van der Waals surface area contributed by atoms with Gasteiger partial charge in [-0.1, -0.05) is 57.5 Å². The molecule has 6 rings (SSSR count). The molecule has 9 nitrogen and oxygen atoms in total. The summed E-state index contributed by atoms with van der Waals surface area (Å²) < 4.78 is 43.5. The van der Waals surface area contributed by atoms with Gasteiger partial charge < -0.3 is 10.1 Å². The van der Waals surface area contributed by atoms with Crippen molar-refractivity contribution in [1.29, 1.82) is 5.26 Å². The number of ketones is 2. The van der Waals surface area contributed by atoms with E-state index < -0.39 is 11.9 Å². The van der Waals surface area contributed by atoms with E-state index in [4.69, 9.17) is 16.9 Å². The molecule has 2 aliphatic rings. The molecule has 0 spiro atoms. The molecule has 4 heterocycles. The molecule has 0 bridgehead atoms. The fourth-order valence-electron chi connectivity index (χ4n) is 6.47. The monoisotopic (exact) mass is 664 g/mol. The summed E-state index contributed by atoms with van der Waals surface area (Å²) in [5, 5.41) is 15.9. The van der Waals surface area contributed by atoms with Crippen LogP contribution in [0.2, 0.25) is 17.2 Å². The first-order chi connectivity index (χ1) is 22.4. The predicted molar refractivity (Wildman–Crippen MR) is 174 cm³/mol. The smallest absolute Gasteiger partial charge is 0.337 e. The molecule has 14 heteroatoms. The highest BCUT2D eigenvalue weighted by atomic mass is 35.5. The Bertz CT molecular complexity index is 1810. The number of carbonyl (C=O) groups excluding carboxylic acids is 2. The number of carbonyl (C=O) groups is 2. The van der Waals surface area contributed by atoms with Gasteiger partial charge in [0.1, 0.15) is 19.6 Å². The Kier molecular flexibility index (Phi) is 10.1. The van der Waals surface area contributed by atoms with Crippen LogP contribution in [-0.2, 0) is 17.5 Å². The quantitative estimate of drug-likeness (QED) is 0.142. The lowest BCUT2D eigenvalue weighted by Crippen LogP contribution is -2.40. The third kappa shape index (κ3) is 7.22. The van der Waals surface area contributed by atoms with Gasteiger partial charge in [-0.3, -0.25) is 13.9 Å². The Labute approximate surface area is 276 Å². The average molecular weight is 665 g/mol. The minimum Gasteiger partial charge on any atom is -0.337 e. The van der Waals surface area contributed by atoms with Crippen molar-refractivity contribution in [2.24, 2.45) is 11.3 Å². The summed E-state index contributed by atoms with van der Waals surface area (Å²) in [4.78, 5) is 32.3. The van der Waals surface area contributed by atoms with Crippen molar-refractivity contribution in [3.8, 4) is 17.3 Å². The van der Waals surface area contributed by atoms with Crippen LogP contribution in [0.25, 0.3) is 16.9 Å². The fourth-order valence-corrected chi connectivity index (χ4v) is 6.74. The minimum atomic E-state index is -4.72. The van der Waals surface area contributed by atoms with E-state index in [1.165, 1.54) is 35.6 Å². The van der Waals surface area contributed by atoms with Crippen LogP contribution in [0.3, 0.4) is 0 Å². The number of alkyl halides is 3. The van der Waals surface area contributed by atoms with E-state index in [1.807, 2.05) is 0 Å². The van der Waals surface area contributed by atoms with E-state index in [0.29, 0.717) is 27.9 Å². The first kappa shape index (κ1) is 34.2. The van der Waals surface area contributed by atoms with E-state index in [9.17, 15) is 22.8 Å². The second-order valence-electron chi connectivity index (χ2n) is 12.2. The van der Waals surface area contributed by atoms with Crippen LogP contribution < -0.4 is 5.32 Å². The lowest BCUT2D eigenvalue weighted by atomic mass is 9.57. The van der Waals surface area contributed by atoms with Gasteiger partial charge in [-0.15, -0.1) is 0 Å². The number of nitrogens with one attached hydrogen (secondary N) is 1. The zero-order valence-corrected chi connectivity index (χ0v) is 27.2. The van der Waals surface area contributed by atoms with Crippen LogP contribution in [-0.4, -0.2) is 43.0 Å². The number of nitrogens with zero attached hydrogens (tertiary/aromatic N) is 6. The van der Waals surface area contributed by atoms with Crippen molar-refractivity contribution >= 4 is 47.6 Å². The van der Waals surface area contributed by atoms with Crippen molar-refractivity contribution in [2.45, 2.75) is 84.2 Å². The molecular weight excluding hydrogens is 630 g/mol. The van der Waals surface area contributed by atoms with Crippen molar-refractivity contribution < 1.29 is 22.8 Å². The Morgan fingerprint density at radius 1 is 1.21 bits per heavy atom. The third-order valence-electron chi connectivity index (χ3n) is 9.39. The Morgan fingerprint density at radius 2 is 1.96 bits per heavy atom. The van der Waals surface area contributed by atoms with Crippen molar-refractivity contribution in [2.75, 3.05) is 5.32 Å². The van der Waals surface area contributed by atoms with Crippen molar-refractivity contribution in [1.82, 2.24) is 24.1 Å². The molecule has 245 valence electrons. The van der Waals surface area contributed by atoms with Gasteiger partial charge in [0.25, 0.3) is 0 Å². The van der Waals surface area contributed by atoms with Gasteiger partial charge in [0.15, 0.2) is 22.9 Å². The number of benzene rings is 1. The first-order valence-corrected chi connectivity index (χ1v) is 16.1. The third-order valence-corrected chi connectivity index (χ3v) is 9.70. The maximum Gasteiger partial charge on any atom is 0.435 e. The maximum absolute atomic E-state index is 13.7. The summed E-state index contributed by atoms with van der Waals surface area (Å²) in [5.41, 5.74) is 0.355. The van der Waals surface area contributed by atoms with Crippen LogP contribution in [0.4, 0.5) is 24.7 Å². The van der Waals surface area contributed by atoms with Crippen molar-refractivity contribution in [3.63, 3.8) is 0 Å². The summed E-state index contributed by atoms with van der Waals surface area (Å²) in [6.07, 6.45) is 7.96. The number of hydrogen-bond donors (Lipinski definition) is 1. The fraction of sp³-hybridized carbons (Fsp3) is 0.455. The van der Waals surface area contributed by atoms with Crippen LogP contribution in [0.5, 0.6) is 0 Å². The molecule has 4 aromatic rings. The number of Topliss-reactive ketones (excluding diaryl/α,β-unsaturated/α-hetero) is 2. The van der Waals surface area contributed by atoms with Gasteiger partial charge in [0.2, 0.25) is 0 Å². The zero-order chi connectivity index (χ0) is 33.9. The summed E-state index contributed by atoms with van der Waals surface area (Å²) in [5.74, 6) is 0.933. The molecule has 1 saturated carbocycles. The van der Waals surface area contributed by atoms with Crippen LogP contribution >= 0.6 is 11.6 Å². The molecule has 47 heavy (non-hydrogen) atoms. The van der Waals surface area contributed by atoms with Gasteiger partial charge in [-0.25, -0.2) is 9.97 Å². The molecule has 1 unspecified atom stereocenters. The second-order valence-corrected chi connectivity index (χ2v) is 12.6. The Hall–Kier alpha value is -4.18. The summed E-state index contributed by atoms with van der Waals surface area (Å²) in [6, 6.07) is 6.82. The Balaban J connectivity index is 0.000000474. The molecule has 2 fully saturated rings. The molecule has 1 radical (unpaired) electrons. The predicted octanol–water partition coefficient (Wildman–Crippen LogP) is 8.21. The second kappa shape index (κ2) is 13.9. The van der Waals surface area contributed by atoms with E-state index >= 15 is 0 Å². The van der Waals surface area contributed by atoms with Crippen LogP contribution in [0.15, 0.2) is 43.0 Å². The van der Waals surface area contributed by atoms with E-state index in [-0.39, 0.29) is 46.4 Å². The summed E-state index contributed by atoms with van der Waals surface area (Å²) in [6.45, 7) is 5.66. The molecule has 3 aromatic heterocycles. The lowest BCUT2D eigenvalue weighted by Gasteiger charge is -2.46. The standard InChI is InChI=1S/C27H25ClF3N7O.C6H10BO/c1-3-26(4-2)12-16(13-26)22(39)18-6-5-17(11-20(18)28)35-24-25-34-14-21(38(25)10-8-33-24)19-15-37(9-7-32)36-23(19)27(29,30)31;1-5(8)6-3-2-4-7-6/h5-6,8,10-11,14-16H,3-4,9,12-13H2,1-2H3,(H,33,35);6H,2-4H2,1H3. The number of hydrogen-bond acceptors (Lipinski definition) is 7. The van der Waals surface area contributed by atoms with Gasteiger partial charge >= 0.3 is 6.18 Å². The number of fused-ring (bicyclic) bond motifs is 1. The van der Waals surface area contributed by atoms with E-state index in [0.717, 1.165) is 43.1 Å². The number of halogens is 4. The van der Waals surface area contributed by atoms with Crippen molar-refractivity contribution in [3.05, 3.63) is 59.3 Å². The number of nitriles is 1. The highest BCUT2D eigenvalue weighted by molar-refractivity contribution is 6.45. The normalized spacial score (nSPS) is 17.3. The molecule has 1 N–H and O–H groups in total. The average Bonchev–Trinajstić information content (AvgIpc) is 3.78. The summed E-state index contributed by atoms with van der Waals surface area (Å²) in [7, 11) is 2.13. The topological polar surface area (TPSA) is 118 Å². The molecule has 1 aliphatic carbocycles. The molecule has 1 aromatic carbocycles. The highest BCUT2D eigenvalue weighted by Gasteiger charge is 2.45. The van der Waals surface area contributed by atoms with E-state index in [1.54, 1.807) is 31.2 Å².